The van der Waals surface area contributed by atoms with Gasteiger partial charge in [0.05, 0.1) is 29.7 Å². The van der Waals surface area contributed by atoms with Gasteiger partial charge in [0.25, 0.3) is 5.91 Å². The molecule has 7 heteroatoms. The number of likely N-dealkylation sites (tertiary alicyclic amines) is 1. The van der Waals surface area contributed by atoms with E-state index in [4.69, 9.17) is 4.74 Å². The first-order valence-electron chi connectivity index (χ1n) is 7.32. The van der Waals surface area contributed by atoms with E-state index in [0.29, 0.717) is 24.2 Å². The molecule has 2 N–H and O–H groups in total. The van der Waals surface area contributed by atoms with Gasteiger partial charge in [0.1, 0.15) is 0 Å². The zero-order chi connectivity index (χ0) is 15.9. The molecule has 2 atom stereocenters. The van der Waals surface area contributed by atoms with Gasteiger partial charge in [-0.05, 0) is 26.3 Å². The summed E-state index contributed by atoms with van der Waals surface area (Å²) in [7, 11) is 1.63. The molecule has 0 radical (unpaired) electrons. The molecule has 1 saturated heterocycles. The van der Waals surface area contributed by atoms with Crippen molar-refractivity contribution in [1.82, 2.24) is 20.1 Å². The number of ether oxygens (including phenoxy) is 1. The Morgan fingerprint density at radius 3 is 3.00 bits per heavy atom. The molecule has 1 aliphatic heterocycles. The zero-order valence-corrected chi connectivity index (χ0v) is 13.0. The second kappa shape index (κ2) is 5.66. The number of aromatic amines is 1. The second-order valence-corrected chi connectivity index (χ2v) is 5.75. The third kappa shape index (κ3) is 2.36. The van der Waals surface area contributed by atoms with Crippen molar-refractivity contribution in [2.45, 2.75) is 32.4 Å². The van der Waals surface area contributed by atoms with Crippen LogP contribution in [0.1, 0.15) is 28.2 Å². The summed E-state index contributed by atoms with van der Waals surface area (Å²) in [6, 6.07) is 1.56. The highest BCUT2D eigenvalue weighted by atomic mass is 16.5. The SMILES string of the molecule is CO[C@H]1C[C@@H](CO)N(C(=O)c2cc(C)nc3n[nH]c(C)c23)C1. The number of amides is 1. The van der Waals surface area contributed by atoms with E-state index >= 15 is 0 Å². The van der Waals surface area contributed by atoms with Crippen molar-refractivity contribution in [2.24, 2.45) is 0 Å². The van der Waals surface area contributed by atoms with Crippen LogP contribution in [0.3, 0.4) is 0 Å². The van der Waals surface area contributed by atoms with Crippen LogP contribution in [0.2, 0.25) is 0 Å². The number of hydrogen-bond donors (Lipinski definition) is 2. The summed E-state index contributed by atoms with van der Waals surface area (Å²) in [5.41, 5.74) is 2.67. The number of carbonyl (C=O) groups is 1. The van der Waals surface area contributed by atoms with E-state index in [1.165, 1.54) is 0 Å². The van der Waals surface area contributed by atoms with E-state index in [0.717, 1.165) is 16.8 Å². The molecule has 3 rings (SSSR count). The number of methoxy groups -OCH3 is 1. The Bertz CT molecular complexity index is 712. The maximum atomic E-state index is 13.0. The van der Waals surface area contributed by atoms with Gasteiger partial charge in [0.2, 0.25) is 0 Å². The maximum Gasteiger partial charge on any atom is 0.255 e. The van der Waals surface area contributed by atoms with Crippen molar-refractivity contribution in [2.75, 3.05) is 20.3 Å². The first-order valence-corrected chi connectivity index (χ1v) is 7.32. The summed E-state index contributed by atoms with van der Waals surface area (Å²) >= 11 is 0. The third-order valence-corrected chi connectivity index (χ3v) is 4.24. The van der Waals surface area contributed by atoms with Gasteiger partial charge in [-0.1, -0.05) is 0 Å². The molecule has 0 saturated carbocycles. The molecule has 1 amide bonds. The van der Waals surface area contributed by atoms with Crippen LogP contribution < -0.4 is 0 Å². The van der Waals surface area contributed by atoms with Gasteiger partial charge >= 0.3 is 0 Å². The minimum atomic E-state index is -0.215. The first-order chi connectivity index (χ1) is 10.5. The quantitative estimate of drug-likeness (QED) is 0.875. The van der Waals surface area contributed by atoms with E-state index in [1.54, 1.807) is 18.1 Å². The van der Waals surface area contributed by atoms with Crippen LogP contribution in [0.4, 0.5) is 0 Å². The number of pyridine rings is 1. The predicted octanol–water partition coefficient (Wildman–Crippen LogP) is 0.797. The number of H-pyrrole nitrogens is 1. The lowest BCUT2D eigenvalue weighted by molar-refractivity contribution is 0.0649. The largest absolute Gasteiger partial charge is 0.394 e. The highest BCUT2D eigenvalue weighted by molar-refractivity contribution is 6.06. The van der Waals surface area contributed by atoms with E-state index < -0.39 is 0 Å². The Morgan fingerprint density at radius 1 is 1.55 bits per heavy atom. The van der Waals surface area contributed by atoms with Gasteiger partial charge in [0.15, 0.2) is 5.65 Å². The molecule has 118 valence electrons. The fourth-order valence-electron chi connectivity index (χ4n) is 3.09. The molecule has 0 bridgehead atoms. The van der Waals surface area contributed by atoms with E-state index in [2.05, 4.69) is 15.2 Å². The Hall–Kier alpha value is -1.99. The van der Waals surface area contributed by atoms with Crippen molar-refractivity contribution in [3.63, 3.8) is 0 Å². The molecule has 1 aliphatic rings. The lowest BCUT2D eigenvalue weighted by atomic mass is 10.1. The number of hydrogen-bond acceptors (Lipinski definition) is 5. The van der Waals surface area contributed by atoms with Crippen molar-refractivity contribution >= 4 is 16.9 Å². The summed E-state index contributed by atoms with van der Waals surface area (Å²) in [6.07, 6.45) is 0.612. The molecular weight excluding hydrogens is 284 g/mol. The molecule has 0 spiro atoms. The van der Waals surface area contributed by atoms with Crippen LogP contribution in [0.5, 0.6) is 0 Å². The Balaban J connectivity index is 2.03. The molecular formula is C15H20N4O3. The average Bonchev–Trinajstić information content (AvgIpc) is 3.09. The summed E-state index contributed by atoms with van der Waals surface area (Å²) < 4.78 is 5.34. The number of aryl methyl sites for hydroxylation is 2. The Labute approximate surface area is 128 Å². The number of nitrogens with one attached hydrogen (secondary N) is 1. The zero-order valence-electron chi connectivity index (χ0n) is 13.0. The van der Waals surface area contributed by atoms with Gasteiger partial charge in [-0.2, -0.15) is 5.10 Å². The smallest absolute Gasteiger partial charge is 0.255 e. The highest BCUT2D eigenvalue weighted by Crippen LogP contribution is 2.26. The summed E-state index contributed by atoms with van der Waals surface area (Å²) in [5.74, 6) is -0.112. The fraction of sp³-hybridized carbons (Fsp3) is 0.533. The number of fused-ring (bicyclic) bond motifs is 1. The van der Waals surface area contributed by atoms with Crippen LogP contribution >= 0.6 is 0 Å². The number of carbonyl (C=O) groups excluding carboxylic acids is 1. The molecule has 22 heavy (non-hydrogen) atoms. The van der Waals surface area contributed by atoms with Crippen LogP contribution in [0, 0.1) is 13.8 Å². The predicted molar refractivity (Wildman–Crippen MR) is 80.7 cm³/mol. The van der Waals surface area contributed by atoms with Crippen LogP contribution in [-0.4, -0.2) is 63.5 Å². The number of rotatable bonds is 3. The van der Waals surface area contributed by atoms with Crippen LogP contribution in [0.25, 0.3) is 11.0 Å². The van der Waals surface area contributed by atoms with Crippen LogP contribution in [-0.2, 0) is 4.74 Å². The lowest BCUT2D eigenvalue weighted by Gasteiger charge is -2.23. The second-order valence-electron chi connectivity index (χ2n) is 5.75. The standard InChI is InChI=1S/C15H20N4O3/c1-8-4-12(13-9(2)17-18-14(13)16-8)15(21)19-6-11(22-3)5-10(19)7-20/h4,10-11,20H,5-7H2,1-3H3,(H,16,17,18)/t10-,11-/m0/s1. The number of nitrogens with zero attached hydrogens (tertiary/aromatic N) is 3. The minimum absolute atomic E-state index is 0.0371. The number of aliphatic hydroxyl groups is 1. The number of aliphatic hydroxyl groups excluding tert-OH is 1. The Morgan fingerprint density at radius 2 is 2.32 bits per heavy atom. The van der Waals surface area contributed by atoms with Crippen molar-refractivity contribution in [1.29, 1.82) is 0 Å². The summed E-state index contributed by atoms with van der Waals surface area (Å²) in [4.78, 5) is 19.0. The monoisotopic (exact) mass is 304 g/mol. The molecule has 0 aliphatic carbocycles. The maximum absolute atomic E-state index is 13.0. The van der Waals surface area contributed by atoms with Crippen molar-refractivity contribution < 1.29 is 14.6 Å². The van der Waals surface area contributed by atoms with E-state index in [1.807, 2.05) is 13.8 Å². The molecule has 3 heterocycles. The molecule has 7 nitrogen and oxygen atoms in total. The van der Waals surface area contributed by atoms with Gasteiger partial charge in [-0.15, -0.1) is 0 Å². The average molecular weight is 304 g/mol. The molecule has 1 fully saturated rings. The van der Waals surface area contributed by atoms with Gasteiger partial charge in [-0.25, -0.2) is 4.98 Å². The van der Waals surface area contributed by atoms with Gasteiger partial charge < -0.3 is 14.7 Å². The van der Waals surface area contributed by atoms with Crippen molar-refractivity contribution in [3.8, 4) is 0 Å². The number of aromatic nitrogens is 3. The third-order valence-electron chi connectivity index (χ3n) is 4.24. The highest BCUT2D eigenvalue weighted by Gasteiger charge is 2.36. The van der Waals surface area contributed by atoms with E-state index in [-0.39, 0.29) is 24.7 Å². The van der Waals surface area contributed by atoms with Gasteiger partial charge in [-0.3, -0.25) is 9.89 Å². The van der Waals surface area contributed by atoms with Crippen LogP contribution in [0.15, 0.2) is 6.07 Å². The molecule has 2 aromatic rings. The van der Waals surface area contributed by atoms with Crippen molar-refractivity contribution in [3.05, 3.63) is 23.0 Å². The summed E-state index contributed by atoms with van der Waals surface area (Å²) in [6.45, 7) is 4.13. The fourth-order valence-corrected chi connectivity index (χ4v) is 3.09. The lowest BCUT2D eigenvalue weighted by Crippen LogP contribution is -2.38. The normalized spacial score (nSPS) is 21.7. The first kappa shape index (κ1) is 14.9. The molecule has 0 aromatic carbocycles. The minimum Gasteiger partial charge on any atom is -0.394 e. The van der Waals surface area contributed by atoms with Gasteiger partial charge in [0, 0.05) is 25.0 Å². The topological polar surface area (TPSA) is 91.3 Å². The molecule has 0 unspecified atom stereocenters. The Kier molecular flexibility index (Phi) is 3.84. The summed E-state index contributed by atoms with van der Waals surface area (Å²) in [5, 5.41) is 17.3. The molecule has 2 aromatic heterocycles. The van der Waals surface area contributed by atoms with E-state index in [9.17, 15) is 9.90 Å².